The summed E-state index contributed by atoms with van der Waals surface area (Å²) in [5.41, 5.74) is 3.69. The van der Waals surface area contributed by atoms with Crippen molar-refractivity contribution < 1.29 is 30.0 Å². The standard InChI is InChI=1S/C17H28O2.C16H12N.Ir/c1-5-16(4)10-8-12-9-11-17(6-2,7-3)15(19)13(12)14(16)18;1-12-6-8-14(9-7-12)16-15-5-3-2-4-13(15)10-11-17-16;/h12,18H,5-11H2,1-4H3;2-8,10-11H,1H3;/q;-1;/t12?,16-;;/m0../s1. The zero-order chi connectivity index (χ0) is 25.9. The number of aromatic nitrogens is 1. The van der Waals surface area contributed by atoms with Crippen LogP contribution < -0.4 is 0 Å². The first kappa shape index (κ1) is 29.3. The maximum atomic E-state index is 12.9. The number of hydrogen-bond acceptors (Lipinski definition) is 3. The second kappa shape index (κ2) is 12.0. The van der Waals surface area contributed by atoms with Gasteiger partial charge in [-0.2, -0.15) is 0 Å². The van der Waals surface area contributed by atoms with Gasteiger partial charge in [0.25, 0.3) is 0 Å². The van der Waals surface area contributed by atoms with Crippen molar-refractivity contribution in [2.75, 3.05) is 0 Å². The number of pyridine rings is 1. The van der Waals surface area contributed by atoms with Gasteiger partial charge in [-0.05, 0) is 73.4 Å². The summed E-state index contributed by atoms with van der Waals surface area (Å²) in [5.74, 6) is 0.992. The molecule has 1 N–H and O–H groups in total. The smallest absolute Gasteiger partial charge is 0.168 e. The average Bonchev–Trinajstić information content (AvgIpc) is 2.92. The summed E-state index contributed by atoms with van der Waals surface area (Å²) in [6.07, 6.45) is 8.72. The van der Waals surface area contributed by atoms with Gasteiger partial charge >= 0.3 is 0 Å². The Morgan fingerprint density at radius 2 is 1.70 bits per heavy atom. The second-order valence-electron chi connectivity index (χ2n) is 10.9. The molecule has 0 aliphatic heterocycles. The number of ketones is 1. The van der Waals surface area contributed by atoms with Crippen LogP contribution in [-0.2, 0) is 24.9 Å². The van der Waals surface area contributed by atoms with Crippen molar-refractivity contribution in [1.82, 2.24) is 4.98 Å². The van der Waals surface area contributed by atoms with E-state index in [2.05, 4.69) is 69.9 Å². The van der Waals surface area contributed by atoms with Crippen molar-refractivity contribution in [3.05, 3.63) is 77.7 Å². The molecular weight excluding hydrogens is 635 g/mol. The number of Topliss-reactive ketones (excluding diaryl/α,β-unsaturated/α-hetero) is 1. The van der Waals surface area contributed by atoms with Gasteiger partial charge < -0.3 is 10.1 Å². The molecule has 4 heteroatoms. The van der Waals surface area contributed by atoms with E-state index < -0.39 is 0 Å². The van der Waals surface area contributed by atoms with E-state index in [1.807, 2.05) is 30.5 Å². The van der Waals surface area contributed by atoms with Crippen molar-refractivity contribution >= 4 is 16.6 Å². The molecule has 3 aromatic rings. The third-order valence-corrected chi connectivity index (χ3v) is 9.01. The minimum Gasteiger partial charge on any atom is -0.511 e. The van der Waals surface area contributed by atoms with E-state index >= 15 is 0 Å². The topological polar surface area (TPSA) is 50.2 Å². The summed E-state index contributed by atoms with van der Waals surface area (Å²) in [6, 6.07) is 19.8. The monoisotopic (exact) mass is 675 g/mol. The Bertz CT molecular complexity index is 1250. The van der Waals surface area contributed by atoms with Crippen LogP contribution in [0.4, 0.5) is 0 Å². The summed E-state index contributed by atoms with van der Waals surface area (Å²) in [6.45, 7) is 10.5. The molecule has 1 saturated carbocycles. The van der Waals surface area contributed by atoms with E-state index in [0.29, 0.717) is 11.7 Å². The third-order valence-electron chi connectivity index (χ3n) is 9.01. The van der Waals surface area contributed by atoms with E-state index in [9.17, 15) is 9.90 Å². The Hall–Kier alpha value is -2.29. The molecule has 2 aliphatic rings. The number of fused-ring (bicyclic) bond motifs is 2. The van der Waals surface area contributed by atoms with Gasteiger partial charge in [0.2, 0.25) is 0 Å². The van der Waals surface area contributed by atoms with Gasteiger partial charge in [-0.25, -0.2) is 0 Å². The van der Waals surface area contributed by atoms with E-state index in [-0.39, 0.29) is 36.7 Å². The Labute approximate surface area is 236 Å². The van der Waals surface area contributed by atoms with Crippen molar-refractivity contribution in [2.45, 2.75) is 79.6 Å². The van der Waals surface area contributed by atoms with Crippen LogP contribution in [0.25, 0.3) is 22.0 Å². The van der Waals surface area contributed by atoms with Crippen molar-refractivity contribution in [3.8, 4) is 11.3 Å². The van der Waals surface area contributed by atoms with Gasteiger partial charge in [0, 0.05) is 42.7 Å². The maximum absolute atomic E-state index is 12.9. The molecule has 2 aliphatic carbocycles. The number of allylic oxidation sites excluding steroid dienone is 2. The van der Waals surface area contributed by atoms with Crippen LogP contribution >= 0.6 is 0 Å². The average molecular weight is 675 g/mol. The largest absolute Gasteiger partial charge is 0.511 e. The molecule has 3 nitrogen and oxygen atoms in total. The zero-order valence-electron chi connectivity index (χ0n) is 22.9. The summed E-state index contributed by atoms with van der Waals surface area (Å²) in [4.78, 5) is 17.4. The Morgan fingerprint density at radius 1 is 1.00 bits per heavy atom. The normalized spacial score (nSPS) is 22.5. The Kier molecular flexibility index (Phi) is 9.53. The first-order valence-electron chi connectivity index (χ1n) is 13.6. The number of carbonyl (C=O) groups excluding carboxylic acids is 1. The van der Waals surface area contributed by atoms with Crippen molar-refractivity contribution in [1.29, 1.82) is 0 Å². The minimum absolute atomic E-state index is 0. The number of aryl methyl sites for hydroxylation is 1. The molecule has 37 heavy (non-hydrogen) atoms. The summed E-state index contributed by atoms with van der Waals surface area (Å²) in [5, 5.41) is 13.1. The summed E-state index contributed by atoms with van der Waals surface area (Å²) in [7, 11) is 0. The van der Waals surface area contributed by atoms with Crippen LogP contribution in [0.3, 0.4) is 0 Å². The number of carbonyl (C=O) groups is 1. The molecule has 0 amide bonds. The van der Waals surface area contributed by atoms with Gasteiger partial charge in [0.15, 0.2) is 5.78 Å². The molecule has 0 saturated heterocycles. The number of nitrogens with zero attached hydrogens (tertiary/aromatic N) is 1. The van der Waals surface area contributed by atoms with E-state index in [4.69, 9.17) is 0 Å². The van der Waals surface area contributed by atoms with E-state index in [1.165, 1.54) is 16.3 Å². The molecule has 1 radical (unpaired) electrons. The quantitative estimate of drug-likeness (QED) is 0.282. The molecule has 0 spiro atoms. The van der Waals surface area contributed by atoms with Gasteiger partial charge in [-0.3, -0.25) is 4.79 Å². The van der Waals surface area contributed by atoms with Crippen LogP contribution in [0.15, 0.2) is 66.1 Å². The van der Waals surface area contributed by atoms with Crippen molar-refractivity contribution in [3.63, 3.8) is 0 Å². The summed E-state index contributed by atoms with van der Waals surface area (Å²) < 4.78 is 0. The fraction of sp³-hybridized carbons (Fsp3) is 0.455. The molecule has 2 atom stereocenters. The van der Waals surface area contributed by atoms with E-state index in [1.54, 1.807) is 0 Å². The molecule has 1 aromatic heterocycles. The Balaban J connectivity index is 0.000000201. The maximum Gasteiger partial charge on any atom is 0.168 e. The van der Waals surface area contributed by atoms with Gasteiger partial charge in [0.1, 0.15) is 5.76 Å². The van der Waals surface area contributed by atoms with Crippen LogP contribution in [0.2, 0.25) is 0 Å². The number of benzene rings is 2. The second-order valence-corrected chi connectivity index (χ2v) is 10.9. The first-order chi connectivity index (χ1) is 17.3. The van der Waals surface area contributed by atoms with Crippen LogP contribution in [0.5, 0.6) is 0 Å². The van der Waals surface area contributed by atoms with Crippen LogP contribution in [0, 0.1) is 29.7 Å². The molecule has 1 heterocycles. The molecule has 199 valence electrons. The van der Waals surface area contributed by atoms with E-state index in [0.717, 1.165) is 61.8 Å². The molecule has 1 unspecified atom stereocenters. The van der Waals surface area contributed by atoms with Gasteiger partial charge in [0.05, 0.1) is 0 Å². The molecular formula is C33H40IrNO2-. The molecule has 2 aromatic carbocycles. The molecule has 5 rings (SSSR count). The number of hydrogen-bond donors (Lipinski definition) is 1. The minimum atomic E-state index is -0.203. The first-order valence-corrected chi connectivity index (χ1v) is 13.6. The number of aliphatic hydroxyl groups excluding tert-OH is 1. The Morgan fingerprint density at radius 3 is 2.35 bits per heavy atom. The fourth-order valence-electron chi connectivity index (χ4n) is 5.96. The SMILES string of the molecule is CCC1(CC)CCC2CC[C@](C)(CC)C(O)=C2C1=O.Cc1c[c-]c(-c2nccc3ccccc23)cc1.[Ir]. The van der Waals surface area contributed by atoms with Crippen molar-refractivity contribution in [2.24, 2.45) is 16.7 Å². The predicted octanol–water partition coefficient (Wildman–Crippen LogP) is 8.80. The van der Waals surface area contributed by atoms with Gasteiger partial charge in [-0.1, -0.05) is 58.9 Å². The molecule has 0 bridgehead atoms. The van der Waals surface area contributed by atoms with Crippen LogP contribution in [-0.4, -0.2) is 15.9 Å². The number of aliphatic hydroxyl groups is 1. The summed E-state index contributed by atoms with van der Waals surface area (Å²) >= 11 is 0. The van der Waals surface area contributed by atoms with Gasteiger partial charge in [-0.15, -0.1) is 35.4 Å². The fourth-order valence-corrected chi connectivity index (χ4v) is 5.96. The number of rotatable bonds is 4. The molecule has 1 fully saturated rings. The zero-order valence-corrected chi connectivity index (χ0v) is 25.3. The van der Waals surface area contributed by atoms with Crippen LogP contribution in [0.1, 0.15) is 78.2 Å². The predicted molar refractivity (Wildman–Crippen MR) is 149 cm³/mol. The third kappa shape index (κ3) is 5.61.